The summed E-state index contributed by atoms with van der Waals surface area (Å²) in [5.41, 5.74) is 1.41. The lowest BCUT2D eigenvalue weighted by Crippen LogP contribution is -2.27. The number of carbonyl (C=O) groups is 1. The number of hydrogen-bond donors (Lipinski definition) is 2. The summed E-state index contributed by atoms with van der Waals surface area (Å²) in [5, 5.41) is 5.18. The molecule has 6 nitrogen and oxygen atoms in total. The SMILES string of the molecule is CC(NC(=O)c1ccc(S(=O)(=O)NCc2ccco2)cc1)c1cccc2ccccc12. The van der Waals surface area contributed by atoms with Gasteiger partial charge in [0.2, 0.25) is 10.0 Å². The number of rotatable bonds is 7. The van der Waals surface area contributed by atoms with Crippen molar-refractivity contribution in [3.05, 3.63) is 102 Å². The average Bonchev–Trinajstić information content (AvgIpc) is 3.31. The van der Waals surface area contributed by atoms with E-state index in [0.717, 1.165) is 16.3 Å². The van der Waals surface area contributed by atoms with Crippen LogP contribution in [0, 0.1) is 0 Å². The number of furan rings is 1. The van der Waals surface area contributed by atoms with Crippen LogP contribution in [-0.2, 0) is 16.6 Å². The van der Waals surface area contributed by atoms with Crippen molar-refractivity contribution in [1.29, 1.82) is 0 Å². The van der Waals surface area contributed by atoms with Crippen molar-refractivity contribution in [3.8, 4) is 0 Å². The van der Waals surface area contributed by atoms with Gasteiger partial charge < -0.3 is 9.73 Å². The summed E-state index contributed by atoms with van der Waals surface area (Å²) in [5.74, 6) is 0.245. The number of sulfonamides is 1. The Morgan fingerprint density at radius 2 is 1.68 bits per heavy atom. The molecule has 158 valence electrons. The molecule has 0 aliphatic carbocycles. The third-order valence-electron chi connectivity index (χ3n) is 5.08. The molecule has 3 aromatic carbocycles. The standard InChI is InChI=1S/C24H22N2O4S/c1-17(22-10-4-7-18-6-2-3-9-23(18)22)26-24(27)19-11-13-21(14-12-19)31(28,29)25-16-20-8-5-15-30-20/h2-15,17,25H,16H2,1H3,(H,26,27). The average molecular weight is 435 g/mol. The third-order valence-corrected chi connectivity index (χ3v) is 6.50. The topological polar surface area (TPSA) is 88.4 Å². The predicted molar refractivity (Wildman–Crippen MR) is 119 cm³/mol. The molecule has 0 saturated carbocycles. The summed E-state index contributed by atoms with van der Waals surface area (Å²) in [4.78, 5) is 12.8. The summed E-state index contributed by atoms with van der Waals surface area (Å²) in [6.07, 6.45) is 1.48. The Balaban J connectivity index is 1.45. The van der Waals surface area contributed by atoms with Crippen LogP contribution in [-0.4, -0.2) is 14.3 Å². The van der Waals surface area contributed by atoms with E-state index in [1.807, 2.05) is 49.4 Å². The zero-order chi connectivity index (χ0) is 21.8. The molecule has 1 atom stereocenters. The number of fused-ring (bicyclic) bond motifs is 1. The minimum Gasteiger partial charge on any atom is -0.468 e. The van der Waals surface area contributed by atoms with Crippen molar-refractivity contribution in [2.75, 3.05) is 0 Å². The van der Waals surface area contributed by atoms with Gasteiger partial charge in [0.25, 0.3) is 5.91 Å². The van der Waals surface area contributed by atoms with E-state index in [0.29, 0.717) is 11.3 Å². The smallest absolute Gasteiger partial charge is 0.251 e. The first-order valence-corrected chi connectivity index (χ1v) is 11.3. The van der Waals surface area contributed by atoms with Crippen molar-refractivity contribution in [2.24, 2.45) is 0 Å². The Morgan fingerprint density at radius 1 is 0.935 bits per heavy atom. The van der Waals surface area contributed by atoms with Crippen LogP contribution in [0.2, 0.25) is 0 Å². The van der Waals surface area contributed by atoms with Gasteiger partial charge in [0.05, 0.1) is 23.7 Å². The van der Waals surface area contributed by atoms with Crippen molar-refractivity contribution in [1.82, 2.24) is 10.0 Å². The monoisotopic (exact) mass is 434 g/mol. The molecule has 31 heavy (non-hydrogen) atoms. The van der Waals surface area contributed by atoms with E-state index in [9.17, 15) is 13.2 Å². The van der Waals surface area contributed by atoms with Crippen LogP contribution in [0.4, 0.5) is 0 Å². The Kier molecular flexibility index (Phi) is 5.88. The summed E-state index contributed by atoms with van der Waals surface area (Å²) < 4.78 is 32.5. The van der Waals surface area contributed by atoms with Crippen LogP contribution in [0.25, 0.3) is 10.8 Å². The lowest BCUT2D eigenvalue weighted by Gasteiger charge is -2.17. The van der Waals surface area contributed by atoms with Gasteiger partial charge in [0.1, 0.15) is 5.76 Å². The highest BCUT2D eigenvalue weighted by molar-refractivity contribution is 7.89. The van der Waals surface area contributed by atoms with Crippen molar-refractivity contribution in [3.63, 3.8) is 0 Å². The zero-order valence-electron chi connectivity index (χ0n) is 16.9. The first-order chi connectivity index (χ1) is 14.9. The molecular formula is C24H22N2O4S. The van der Waals surface area contributed by atoms with Gasteiger partial charge in [-0.05, 0) is 59.7 Å². The normalized spacial score (nSPS) is 12.5. The second-order valence-corrected chi connectivity index (χ2v) is 8.96. The first kappa shape index (κ1) is 20.8. The molecule has 0 aliphatic rings. The van der Waals surface area contributed by atoms with Gasteiger partial charge in [-0.2, -0.15) is 0 Å². The lowest BCUT2D eigenvalue weighted by atomic mass is 9.99. The van der Waals surface area contributed by atoms with E-state index < -0.39 is 10.0 Å². The third kappa shape index (κ3) is 4.68. The lowest BCUT2D eigenvalue weighted by molar-refractivity contribution is 0.0940. The van der Waals surface area contributed by atoms with E-state index in [-0.39, 0.29) is 23.4 Å². The van der Waals surface area contributed by atoms with Crippen LogP contribution in [0.1, 0.15) is 34.6 Å². The summed E-state index contributed by atoms with van der Waals surface area (Å²) >= 11 is 0. The van der Waals surface area contributed by atoms with E-state index in [1.54, 1.807) is 12.1 Å². The van der Waals surface area contributed by atoms with Gasteiger partial charge in [-0.1, -0.05) is 42.5 Å². The van der Waals surface area contributed by atoms with Gasteiger partial charge >= 0.3 is 0 Å². The summed E-state index contributed by atoms with van der Waals surface area (Å²) in [6, 6.07) is 23.0. The summed E-state index contributed by atoms with van der Waals surface area (Å²) in [7, 11) is -3.71. The van der Waals surface area contributed by atoms with Gasteiger partial charge in [-0.3, -0.25) is 4.79 Å². The fraction of sp³-hybridized carbons (Fsp3) is 0.125. The molecule has 7 heteroatoms. The molecule has 1 amide bonds. The molecule has 1 aromatic heterocycles. The van der Waals surface area contributed by atoms with Gasteiger partial charge in [0.15, 0.2) is 0 Å². The van der Waals surface area contributed by atoms with E-state index in [1.165, 1.54) is 30.5 Å². The first-order valence-electron chi connectivity index (χ1n) is 9.85. The maximum Gasteiger partial charge on any atom is 0.251 e. The van der Waals surface area contributed by atoms with E-state index in [4.69, 9.17) is 4.42 Å². The Hall–Kier alpha value is -3.42. The van der Waals surface area contributed by atoms with Crippen molar-refractivity contribution < 1.29 is 17.6 Å². The van der Waals surface area contributed by atoms with Gasteiger partial charge in [0, 0.05) is 5.56 Å². The van der Waals surface area contributed by atoms with Gasteiger partial charge in [-0.25, -0.2) is 13.1 Å². The number of amides is 1. The molecule has 0 fully saturated rings. The number of carbonyl (C=O) groups excluding carboxylic acids is 1. The van der Waals surface area contributed by atoms with Gasteiger partial charge in [-0.15, -0.1) is 0 Å². The number of benzene rings is 3. The van der Waals surface area contributed by atoms with Crippen molar-refractivity contribution >= 4 is 26.7 Å². The van der Waals surface area contributed by atoms with Crippen LogP contribution in [0.15, 0.2) is 94.4 Å². The van der Waals surface area contributed by atoms with E-state index in [2.05, 4.69) is 10.0 Å². The zero-order valence-corrected chi connectivity index (χ0v) is 17.7. The molecule has 0 radical (unpaired) electrons. The van der Waals surface area contributed by atoms with Crippen LogP contribution >= 0.6 is 0 Å². The maximum absolute atomic E-state index is 12.7. The molecule has 0 aliphatic heterocycles. The molecule has 1 unspecified atom stereocenters. The number of nitrogens with one attached hydrogen (secondary N) is 2. The fourth-order valence-electron chi connectivity index (χ4n) is 3.43. The molecular weight excluding hydrogens is 412 g/mol. The quantitative estimate of drug-likeness (QED) is 0.451. The minimum atomic E-state index is -3.71. The highest BCUT2D eigenvalue weighted by Gasteiger charge is 2.17. The minimum absolute atomic E-state index is 0.0557. The Bertz CT molecular complexity index is 1290. The van der Waals surface area contributed by atoms with Crippen LogP contribution in [0.3, 0.4) is 0 Å². The van der Waals surface area contributed by atoms with Crippen molar-refractivity contribution in [2.45, 2.75) is 24.4 Å². The predicted octanol–water partition coefficient (Wildman–Crippen LogP) is 4.40. The molecule has 4 aromatic rings. The molecule has 4 rings (SSSR count). The second-order valence-electron chi connectivity index (χ2n) is 7.19. The highest BCUT2D eigenvalue weighted by atomic mass is 32.2. The molecule has 0 spiro atoms. The molecule has 0 bridgehead atoms. The Morgan fingerprint density at radius 3 is 2.42 bits per heavy atom. The maximum atomic E-state index is 12.7. The molecule has 0 saturated heterocycles. The van der Waals surface area contributed by atoms with E-state index >= 15 is 0 Å². The molecule has 2 N–H and O–H groups in total. The fourth-order valence-corrected chi connectivity index (χ4v) is 4.43. The second kappa shape index (κ2) is 8.75. The summed E-state index contributed by atoms with van der Waals surface area (Å²) in [6.45, 7) is 1.98. The van der Waals surface area contributed by atoms with Crippen LogP contribution in [0.5, 0.6) is 0 Å². The molecule has 1 heterocycles. The highest BCUT2D eigenvalue weighted by Crippen LogP contribution is 2.24. The number of hydrogen-bond acceptors (Lipinski definition) is 4. The largest absolute Gasteiger partial charge is 0.468 e. The van der Waals surface area contributed by atoms with Crippen LogP contribution < -0.4 is 10.0 Å². The Labute approximate surface area is 181 Å².